The van der Waals surface area contributed by atoms with Gasteiger partial charge in [-0.15, -0.1) is 0 Å². The molecule has 0 radical (unpaired) electrons. The van der Waals surface area contributed by atoms with Gasteiger partial charge in [0.2, 0.25) is 5.91 Å². The topological polar surface area (TPSA) is 59.3 Å². The lowest BCUT2D eigenvalue weighted by Gasteiger charge is -2.07. The molecule has 4 nitrogen and oxygen atoms in total. The van der Waals surface area contributed by atoms with Gasteiger partial charge in [0.15, 0.2) is 11.5 Å². The number of para-hydroxylation sites is 1. The SMILES string of the molecule is CC(=O)c1oc2ccccc2c1NC(=O)CC(F)(F)F. The fourth-order valence-electron chi connectivity index (χ4n) is 1.78. The van der Waals surface area contributed by atoms with Crippen LogP contribution in [0.25, 0.3) is 11.0 Å². The van der Waals surface area contributed by atoms with Gasteiger partial charge in [0.1, 0.15) is 12.0 Å². The van der Waals surface area contributed by atoms with Crippen molar-refractivity contribution in [2.24, 2.45) is 0 Å². The van der Waals surface area contributed by atoms with Crippen molar-refractivity contribution < 1.29 is 27.2 Å². The number of halogens is 3. The van der Waals surface area contributed by atoms with Crippen LogP contribution in [0.2, 0.25) is 0 Å². The lowest BCUT2D eigenvalue weighted by atomic mass is 10.2. The second-order valence-electron chi connectivity index (χ2n) is 4.20. The first-order valence-electron chi connectivity index (χ1n) is 5.67. The van der Waals surface area contributed by atoms with Crippen LogP contribution >= 0.6 is 0 Å². The zero-order valence-corrected chi connectivity index (χ0v) is 10.4. The smallest absolute Gasteiger partial charge is 0.397 e. The first kappa shape index (κ1) is 14.1. The van der Waals surface area contributed by atoms with E-state index in [1.165, 1.54) is 6.92 Å². The fraction of sp³-hybridized carbons (Fsp3) is 0.231. The van der Waals surface area contributed by atoms with E-state index in [0.717, 1.165) is 0 Å². The molecule has 20 heavy (non-hydrogen) atoms. The number of hydrogen-bond acceptors (Lipinski definition) is 3. The number of Topliss-reactive ketones (excluding diaryl/α,β-unsaturated/α-hetero) is 1. The molecular formula is C13H10F3NO3. The first-order chi connectivity index (χ1) is 9.28. The molecular weight excluding hydrogens is 275 g/mol. The summed E-state index contributed by atoms with van der Waals surface area (Å²) in [5.74, 6) is -1.89. The van der Waals surface area contributed by atoms with E-state index in [-0.39, 0.29) is 11.4 Å². The molecule has 1 aromatic carbocycles. The number of fused-ring (bicyclic) bond motifs is 1. The monoisotopic (exact) mass is 285 g/mol. The van der Waals surface area contributed by atoms with E-state index in [1.807, 2.05) is 0 Å². The molecule has 0 saturated carbocycles. The molecule has 0 saturated heterocycles. The Morgan fingerprint density at radius 3 is 2.50 bits per heavy atom. The molecule has 0 bridgehead atoms. The Balaban J connectivity index is 2.39. The van der Waals surface area contributed by atoms with Crippen LogP contribution in [-0.4, -0.2) is 17.9 Å². The molecule has 7 heteroatoms. The Morgan fingerprint density at radius 1 is 1.25 bits per heavy atom. The van der Waals surface area contributed by atoms with Gasteiger partial charge in [-0.2, -0.15) is 13.2 Å². The summed E-state index contributed by atoms with van der Waals surface area (Å²) >= 11 is 0. The van der Waals surface area contributed by atoms with Gasteiger partial charge >= 0.3 is 6.18 Å². The van der Waals surface area contributed by atoms with E-state index in [9.17, 15) is 22.8 Å². The average molecular weight is 285 g/mol. The van der Waals surface area contributed by atoms with Crippen molar-refractivity contribution in [3.63, 3.8) is 0 Å². The summed E-state index contributed by atoms with van der Waals surface area (Å²) in [6, 6.07) is 6.38. The standard InChI is InChI=1S/C13H10F3NO3/c1-7(18)12-11(17-10(19)6-13(14,15)16)8-4-2-3-5-9(8)20-12/h2-5H,6H2,1H3,(H,17,19). The van der Waals surface area contributed by atoms with E-state index in [2.05, 4.69) is 5.32 Å². The molecule has 2 aromatic rings. The minimum atomic E-state index is -4.61. The molecule has 0 unspecified atom stereocenters. The maximum atomic E-state index is 12.2. The molecule has 0 aliphatic heterocycles. The second-order valence-corrected chi connectivity index (χ2v) is 4.20. The Bertz CT molecular complexity index is 673. The summed E-state index contributed by atoms with van der Waals surface area (Å²) in [7, 11) is 0. The summed E-state index contributed by atoms with van der Waals surface area (Å²) < 4.78 is 41.7. The minimum absolute atomic E-state index is 0.0256. The zero-order chi connectivity index (χ0) is 14.9. The van der Waals surface area contributed by atoms with Crippen LogP contribution in [0.3, 0.4) is 0 Å². The highest BCUT2D eigenvalue weighted by atomic mass is 19.4. The molecule has 1 amide bonds. The van der Waals surface area contributed by atoms with Gasteiger partial charge in [0.05, 0.1) is 5.69 Å². The lowest BCUT2D eigenvalue weighted by Crippen LogP contribution is -2.21. The molecule has 0 aliphatic rings. The van der Waals surface area contributed by atoms with Gasteiger partial charge in [-0.3, -0.25) is 9.59 Å². The molecule has 0 aliphatic carbocycles. The maximum absolute atomic E-state index is 12.2. The molecule has 1 N–H and O–H groups in total. The number of benzene rings is 1. The Morgan fingerprint density at radius 2 is 1.90 bits per heavy atom. The third-order valence-electron chi connectivity index (χ3n) is 2.54. The predicted molar refractivity (Wildman–Crippen MR) is 65.5 cm³/mol. The lowest BCUT2D eigenvalue weighted by molar-refractivity contribution is -0.150. The van der Waals surface area contributed by atoms with E-state index < -0.39 is 24.3 Å². The maximum Gasteiger partial charge on any atom is 0.397 e. The van der Waals surface area contributed by atoms with Crippen molar-refractivity contribution in [3.05, 3.63) is 30.0 Å². The highest BCUT2D eigenvalue weighted by molar-refractivity contribution is 6.10. The summed E-state index contributed by atoms with van der Waals surface area (Å²) in [4.78, 5) is 22.8. The number of ketones is 1. The number of rotatable bonds is 3. The van der Waals surface area contributed by atoms with Crippen LogP contribution in [0.4, 0.5) is 18.9 Å². The number of anilines is 1. The van der Waals surface area contributed by atoms with E-state index in [4.69, 9.17) is 4.42 Å². The predicted octanol–water partition coefficient (Wildman–Crippen LogP) is 3.53. The Labute approximate surface area is 111 Å². The molecule has 106 valence electrons. The number of amides is 1. The number of carbonyl (C=O) groups is 2. The number of alkyl halides is 3. The van der Waals surface area contributed by atoms with Crippen molar-refractivity contribution in [1.29, 1.82) is 0 Å². The van der Waals surface area contributed by atoms with Crippen LogP contribution in [0.1, 0.15) is 23.9 Å². The van der Waals surface area contributed by atoms with Crippen molar-refractivity contribution in [2.45, 2.75) is 19.5 Å². The van der Waals surface area contributed by atoms with E-state index in [0.29, 0.717) is 11.0 Å². The summed E-state index contributed by atoms with van der Waals surface area (Å²) in [5.41, 5.74) is 0.294. The highest BCUT2D eigenvalue weighted by Crippen LogP contribution is 2.32. The van der Waals surface area contributed by atoms with Gasteiger partial charge in [-0.05, 0) is 12.1 Å². The summed E-state index contributed by atoms with van der Waals surface area (Å²) in [6.45, 7) is 1.21. The molecule has 2 rings (SSSR count). The third kappa shape index (κ3) is 2.98. The number of hydrogen-bond donors (Lipinski definition) is 1. The van der Waals surface area contributed by atoms with E-state index >= 15 is 0 Å². The highest BCUT2D eigenvalue weighted by Gasteiger charge is 2.32. The zero-order valence-electron chi connectivity index (χ0n) is 10.4. The van der Waals surface area contributed by atoms with Crippen LogP contribution in [-0.2, 0) is 4.79 Å². The largest absolute Gasteiger partial charge is 0.451 e. The van der Waals surface area contributed by atoms with Crippen LogP contribution in [0.5, 0.6) is 0 Å². The Kier molecular flexibility index (Phi) is 3.52. The molecule has 0 fully saturated rings. The second kappa shape index (κ2) is 4.99. The fourth-order valence-corrected chi connectivity index (χ4v) is 1.78. The van der Waals surface area contributed by atoms with Crippen molar-refractivity contribution >= 4 is 28.3 Å². The minimum Gasteiger partial charge on any atom is -0.451 e. The molecule has 0 spiro atoms. The quantitative estimate of drug-likeness (QED) is 0.878. The van der Waals surface area contributed by atoms with Gasteiger partial charge in [0, 0.05) is 12.3 Å². The van der Waals surface area contributed by atoms with Gasteiger partial charge in [-0.25, -0.2) is 0 Å². The normalized spacial score (nSPS) is 11.6. The number of carbonyl (C=O) groups excluding carboxylic acids is 2. The molecule has 1 heterocycles. The summed E-state index contributed by atoms with van der Waals surface area (Å²) in [5, 5.41) is 2.48. The molecule has 0 atom stereocenters. The van der Waals surface area contributed by atoms with Gasteiger partial charge in [0.25, 0.3) is 0 Å². The number of nitrogens with one attached hydrogen (secondary N) is 1. The van der Waals surface area contributed by atoms with E-state index in [1.54, 1.807) is 24.3 Å². The summed E-state index contributed by atoms with van der Waals surface area (Å²) in [6.07, 6.45) is -6.23. The van der Waals surface area contributed by atoms with Crippen molar-refractivity contribution in [1.82, 2.24) is 0 Å². The Hall–Kier alpha value is -2.31. The molecule has 1 aromatic heterocycles. The average Bonchev–Trinajstić information content (AvgIpc) is 2.66. The number of furan rings is 1. The van der Waals surface area contributed by atoms with Crippen LogP contribution < -0.4 is 5.32 Å². The van der Waals surface area contributed by atoms with Crippen molar-refractivity contribution in [2.75, 3.05) is 5.32 Å². The van der Waals surface area contributed by atoms with Crippen LogP contribution in [0, 0.1) is 0 Å². The van der Waals surface area contributed by atoms with Crippen molar-refractivity contribution in [3.8, 4) is 0 Å². The third-order valence-corrected chi connectivity index (χ3v) is 2.54. The van der Waals surface area contributed by atoms with Crippen LogP contribution in [0.15, 0.2) is 28.7 Å². The van der Waals surface area contributed by atoms with Gasteiger partial charge in [-0.1, -0.05) is 12.1 Å². The van der Waals surface area contributed by atoms with Gasteiger partial charge < -0.3 is 9.73 Å². The first-order valence-corrected chi connectivity index (χ1v) is 5.67.